The van der Waals surface area contributed by atoms with Gasteiger partial charge in [-0.3, -0.25) is 4.79 Å². The first-order valence-corrected chi connectivity index (χ1v) is 7.95. The fourth-order valence-electron chi connectivity index (χ4n) is 2.58. The van der Waals surface area contributed by atoms with Gasteiger partial charge in [0.05, 0.1) is 11.3 Å². The first-order chi connectivity index (χ1) is 12.2. The summed E-state index contributed by atoms with van der Waals surface area (Å²) in [5.41, 5.74) is 10.8. The lowest BCUT2D eigenvalue weighted by Gasteiger charge is -2.11. The normalized spacial score (nSPS) is 14.0. The molecule has 0 aliphatic heterocycles. The minimum absolute atomic E-state index is 0.144. The number of nitrogens with two attached hydrogens (primary N) is 2. The van der Waals surface area contributed by atoms with Crippen LogP contribution in [0.1, 0.15) is 40.2 Å². The van der Waals surface area contributed by atoms with Crippen molar-refractivity contribution in [3.8, 4) is 0 Å². The van der Waals surface area contributed by atoms with Crippen molar-refractivity contribution < 1.29 is 18.0 Å². The maximum atomic E-state index is 13.1. The van der Waals surface area contributed by atoms with Gasteiger partial charge in [0.2, 0.25) is 0 Å². The van der Waals surface area contributed by atoms with Crippen LogP contribution >= 0.6 is 0 Å². The van der Waals surface area contributed by atoms with Crippen molar-refractivity contribution >= 4 is 23.2 Å². The van der Waals surface area contributed by atoms with Gasteiger partial charge in [0, 0.05) is 11.3 Å². The fraction of sp³-hybridized carbons (Fsp3) is 0.222. The Labute approximate surface area is 147 Å². The molecule has 1 fully saturated rings. The van der Waals surface area contributed by atoms with E-state index in [1.807, 2.05) is 12.1 Å². The van der Waals surface area contributed by atoms with Gasteiger partial charge in [-0.15, -0.1) is 0 Å². The van der Waals surface area contributed by atoms with E-state index < -0.39 is 23.6 Å². The number of carbonyl (C=O) groups excluding carboxylic acids is 1. The molecule has 0 atom stereocenters. The van der Waals surface area contributed by atoms with E-state index in [0.29, 0.717) is 11.6 Å². The third-order valence-corrected chi connectivity index (χ3v) is 3.98. The number of anilines is 1. The Balaban J connectivity index is 1.86. The predicted octanol–water partition coefficient (Wildman–Crippen LogP) is 3.74. The van der Waals surface area contributed by atoms with E-state index in [4.69, 9.17) is 11.5 Å². The predicted molar refractivity (Wildman–Crippen MR) is 93.3 cm³/mol. The van der Waals surface area contributed by atoms with Gasteiger partial charge in [0.1, 0.15) is 0 Å². The number of amides is 1. The lowest BCUT2D eigenvalue weighted by atomic mass is 10.1. The molecule has 26 heavy (non-hydrogen) atoms. The molecule has 3 rings (SSSR count). The molecule has 0 unspecified atom stereocenters. The number of benzene rings is 2. The van der Waals surface area contributed by atoms with Crippen LogP contribution in [0.4, 0.5) is 24.5 Å². The zero-order valence-corrected chi connectivity index (χ0v) is 13.7. The SMILES string of the molecule is NC(N)=Nc1cc(C(=O)Nc2ccc(C3CC3)cc2)cc(C(F)(F)F)c1. The van der Waals surface area contributed by atoms with Crippen LogP contribution in [0.2, 0.25) is 0 Å². The molecule has 0 radical (unpaired) electrons. The minimum Gasteiger partial charge on any atom is -0.370 e. The smallest absolute Gasteiger partial charge is 0.370 e. The van der Waals surface area contributed by atoms with Gasteiger partial charge in [-0.1, -0.05) is 12.1 Å². The number of hydrogen-bond donors (Lipinski definition) is 3. The molecule has 0 aromatic heterocycles. The summed E-state index contributed by atoms with van der Waals surface area (Å²) in [5.74, 6) is -0.501. The van der Waals surface area contributed by atoms with Gasteiger partial charge in [0.15, 0.2) is 5.96 Å². The highest BCUT2D eigenvalue weighted by molar-refractivity contribution is 6.05. The molecule has 0 saturated heterocycles. The lowest BCUT2D eigenvalue weighted by molar-refractivity contribution is -0.137. The van der Waals surface area contributed by atoms with Crippen LogP contribution in [0.3, 0.4) is 0 Å². The first kappa shape index (κ1) is 17.8. The van der Waals surface area contributed by atoms with Gasteiger partial charge in [-0.2, -0.15) is 13.2 Å². The maximum absolute atomic E-state index is 13.1. The van der Waals surface area contributed by atoms with E-state index in [1.54, 1.807) is 12.1 Å². The van der Waals surface area contributed by atoms with Gasteiger partial charge in [-0.05, 0) is 54.7 Å². The quantitative estimate of drug-likeness (QED) is 0.571. The highest BCUT2D eigenvalue weighted by Crippen LogP contribution is 2.40. The number of nitrogens with one attached hydrogen (secondary N) is 1. The van der Waals surface area contributed by atoms with Crippen LogP contribution in [-0.4, -0.2) is 11.9 Å². The number of guanidine groups is 1. The Morgan fingerprint density at radius 1 is 1.08 bits per heavy atom. The number of carbonyl (C=O) groups is 1. The molecule has 1 aliphatic carbocycles. The number of nitrogens with zero attached hydrogens (tertiary/aromatic N) is 1. The molecule has 2 aromatic carbocycles. The molecule has 136 valence electrons. The van der Waals surface area contributed by atoms with Crippen molar-refractivity contribution in [1.29, 1.82) is 0 Å². The van der Waals surface area contributed by atoms with Gasteiger partial charge >= 0.3 is 6.18 Å². The molecule has 1 amide bonds. The van der Waals surface area contributed by atoms with Gasteiger partial charge < -0.3 is 16.8 Å². The van der Waals surface area contributed by atoms with Crippen LogP contribution in [0, 0.1) is 0 Å². The summed E-state index contributed by atoms with van der Waals surface area (Å²) in [6.45, 7) is 0. The van der Waals surface area contributed by atoms with E-state index in [0.717, 1.165) is 25.0 Å². The van der Waals surface area contributed by atoms with Gasteiger partial charge in [-0.25, -0.2) is 4.99 Å². The summed E-state index contributed by atoms with van der Waals surface area (Å²) >= 11 is 0. The number of aliphatic imine (C=N–C) groups is 1. The zero-order valence-electron chi connectivity index (χ0n) is 13.7. The molecule has 8 heteroatoms. The second kappa shape index (κ2) is 6.70. The van der Waals surface area contributed by atoms with Crippen LogP contribution < -0.4 is 16.8 Å². The average Bonchev–Trinajstić information content (AvgIpc) is 3.38. The Morgan fingerprint density at radius 2 is 1.73 bits per heavy atom. The summed E-state index contributed by atoms with van der Waals surface area (Å²) in [7, 11) is 0. The summed E-state index contributed by atoms with van der Waals surface area (Å²) in [6.07, 6.45) is -2.32. The van der Waals surface area contributed by atoms with E-state index in [1.165, 1.54) is 11.6 Å². The molecule has 0 heterocycles. The number of rotatable bonds is 4. The van der Waals surface area contributed by atoms with Gasteiger partial charge in [0.25, 0.3) is 5.91 Å². The third kappa shape index (κ3) is 4.33. The molecular weight excluding hydrogens is 345 g/mol. The summed E-state index contributed by atoms with van der Waals surface area (Å²) in [5, 5.41) is 2.59. The van der Waals surface area contributed by atoms with Crippen molar-refractivity contribution in [3.05, 3.63) is 59.2 Å². The topological polar surface area (TPSA) is 93.5 Å². The molecule has 5 nitrogen and oxygen atoms in total. The number of hydrogen-bond acceptors (Lipinski definition) is 2. The zero-order chi connectivity index (χ0) is 18.9. The monoisotopic (exact) mass is 362 g/mol. The molecule has 2 aromatic rings. The largest absolute Gasteiger partial charge is 0.416 e. The molecule has 1 aliphatic rings. The number of halogens is 3. The highest BCUT2D eigenvalue weighted by Gasteiger charge is 2.32. The van der Waals surface area contributed by atoms with Crippen molar-refractivity contribution in [2.24, 2.45) is 16.5 Å². The van der Waals surface area contributed by atoms with E-state index in [-0.39, 0.29) is 11.3 Å². The fourth-order valence-corrected chi connectivity index (χ4v) is 2.58. The van der Waals surface area contributed by atoms with Crippen LogP contribution in [0.15, 0.2) is 47.5 Å². The molecular formula is C18H17F3N4O. The molecule has 0 bridgehead atoms. The van der Waals surface area contributed by atoms with Crippen LogP contribution in [-0.2, 0) is 6.18 Å². The van der Waals surface area contributed by atoms with E-state index in [9.17, 15) is 18.0 Å². The van der Waals surface area contributed by atoms with Crippen LogP contribution in [0.25, 0.3) is 0 Å². The van der Waals surface area contributed by atoms with E-state index >= 15 is 0 Å². The molecule has 0 spiro atoms. The maximum Gasteiger partial charge on any atom is 0.416 e. The average molecular weight is 362 g/mol. The van der Waals surface area contributed by atoms with E-state index in [2.05, 4.69) is 10.3 Å². The highest BCUT2D eigenvalue weighted by atomic mass is 19.4. The first-order valence-electron chi connectivity index (χ1n) is 7.95. The second-order valence-corrected chi connectivity index (χ2v) is 6.15. The van der Waals surface area contributed by atoms with Crippen molar-refractivity contribution in [1.82, 2.24) is 0 Å². The van der Waals surface area contributed by atoms with Crippen molar-refractivity contribution in [2.75, 3.05) is 5.32 Å². The third-order valence-electron chi connectivity index (χ3n) is 3.98. The molecule has 5 N–H and O–H groups in total. The summed E-state index contributed by atoms with van der Waals surface area (Å²) in [4.78, 5) is 16.0. The Hall–Kier alpha value is -3.03. The Morgan fingerprint density at radius 3 is 2.27 bits per heavy atom. The summed E-state index contributed by atoms with van der Waals surface area (Å²) < 4.78 is 39.2. The summed E-state index contributed by atoms with van der Waals surface area (Å²) in [6, 6.07) is 10.0. The standard InChI is InChI=1S/C18H17F3N4O/c19-18(20,21)13-7-12(8-15(9-13)25-17(22)23)16(26)24-14-5-3-11(4-6-14)10-1-2-10/h3-10H,1-2H2,(H,24,26)(H4,22,23,25). The minimum atomic E-state index is -4.63. The Kier molecular flexibility index (Phi) is 4.58. The second-order valence-electron chi connectivity index (χ2n) is 6.15. The molecule has 1 saturated carbocycles. The van der Waals surface area contributed by atoms with Crippen molar-refractivity contribution in [3.63, 3.8) is 0 Å². The lowest BCUT2D eigenvalue weighted by Crippen LogP contribution is -2.22. The van der Waals surface area contributed by atoms with Crippen molar-refractivity contribution in [2.45, 2.75) is 24.9 Å². The number of alkyl halides is 3. The van der Waals surface area contributed by atoms with Crippen LogP contribution in [0.5, 0.6) is 0 Å². The Bertz CT molecular complexity index is 852.